The number of hydrogen-bond acceptors (Lipinski definition) is 4. The Kier molecular flexibility index (Phi) is 5.35. The van der Waals surface area contributed by atoms with Crippen LogP contribution in [0.2, 0.25) is 0 Å². The number of aryl methyl sites for hydroxylation is 2. The molecule has 1 atom stereocenters. The number of H-pyrrole nitrogens is 1. The van der Waals surface area contributed by atoms with E-state index in [0.717, 1.165) is 66.0 Å². The molecule has 5 rings (SSSR count). The highest BCUT2D eigenvalue weighted by Gasteiger charge is 2.24. The number of aliphatic hydroxyl groups excluding tert-OH is 1. The molecule has 0 radical (unpaired) electrons. The molecule has 3 N–H and O–H groups in total. The van der Waals surface area contributed by atoms with Gasteiger partial charge in [0.2, 0.25) is 0 Å². The van der Waals surface area contributed by atoms with Crippen molar-refractivity contribution in [3.8, 4) is 5.75 Å². The van der Waals surface area contributed by atoms with Gasteiger partial charge in [0.1, 0.15) is 5.75 Å². The summed E-state index contributed by atoms with van der Waals surface area (Å²) in [7, 11) is 1.69. The maximum Gasteiger partial charge on any atom is 0.120 e. The summed E-state index contributed by atoms with van der Waals surface area (Å²) < 4.78 is 5.30. The van der Waals surface area contributed by atoms with Crippen LogP contribution in [-0.2, 0) is 19.3 Å². The summed E-state index contributed by atoms with van der Waals surface area (Å²) in [6.07, 6.45) is 8.25. The Balaban J connectivity index is 1.20. The minimum Gasteiger partial charge on any atom is -0.497 e. The molecule has 2 heterocycles. The van der Waals surface area contributed by atoms with Crippen LogP contribution in [0.15, 0.2) is 60.9 Å². The van der Waals surface area contributed by atoms with E-state index in [0.29, 0.717) is 0 Å². The first kappa shape index (κ1) is 19.6. The lowest BCUT2D eigenvalue weighted by Crippen LogP contribution is -1.99. The third-order valence-electron chi connectivity index (χ3n) is 6.19. The van der Waals surface area contributed by atoms with E-state index in [1.54, 1.807) is 13.3 Å². The lowest BCUT2D eigenvalue weighted by Gasteiger charge is -2.12. The van der Waals surface area contributed by atoms with Crippen LogP contribution < -0.4 is 10.1 Å². The molecule has 2 aromatic carbocycles. The van der Waals surface area contributed by atoms with E-state index in [4.69, 9.17) is 4.74 Å². The minimum absolute atomic E-state index is 0.432. The van der Waals surface area contributed by atoms with Gasteiger partial charge in [-0.05, 0) is 79.1 Å². The minimum atomic E-state index is -0.432. The van der Waals surface area contributed by atoms with Gasteiger partial charge in [-0.15, -0.1) is 0 Å². The normalized spacial score (nSPS) is 15.2. The van der Waals surface area contributed by atoms with Gasteiger partial charge >= 0.3 is 0 Å². The summed E-state index contributed by atoms with van der Waals surface area (Å²) in [6, 6.07) is 16.8. The van der Waals surface area contributed by atoms with Crippen molar-refractivity contribution in [2.75, 3.05) is 12.4 Å². The largest absolute Gasteiger partial charge is 0.497 e. The third kappa shape index (κ3) is 4.01. The molecule has 0 amide bonds. The van der Waals surface area contributed by atoms with Crippen molar-refractivity contribution in [1.29, 1.82) is 0 Å². The summed E-state index contributed by atoms with van der Waals surface area (Å²) in [5.74, 6) is 0.877. The molecule has 0 bridgehead atoms. The number of fused-ring (bicyclic) bond motifs is 2. The number of nitrogens with one attached hydrogen (secondary N) is 2. The lowest BCUT2D eigenvalue weighted by atomic mass is 10.0. The topological polar surface area (TPSA) is 70.2 Å². The van der Waals surface area contributed by atoms with Crippen LogP contribution in [0, 0.1) is 0 Å². The van der Waals surface area contributed by atoms with Gasteiger partial charge in [0, 0.05) is 40.7 Å². The summed E-state index contributed by atoms with van der Waals surface area (Å²) >= 11 is 0. The van der Waals surface area contributed by atoms with Gasteiger partial charge in [-0.25, -0.2) is 0 Å². The SMILES string of the molecule is COc1ccc2c(CCCc3ccc(Nc4ccnc5c4CCC5O)cc3)c[nH]c2c1. The maximum atomic E-state index is 10.0. The van der Waals surface area contributed by atoms with Crippen LogP contribution in [0.5, 0.6) is 5.75 Å². The fraction of sp³-hybridized carbons (Fsp3) is 0.269. The Morgan fingerprint density at radius 1 is 1.13 bits per heavy atom. The second-order valence-corrected chi connectivity index (χ2v) is 8.18. The number of aromatic amines is 1. The van der Waals surface area contributed by atoms with E-state index in [1.165, 1.54) is 16.5 Å². The summed E-state index contributed by atoms with van der Waals surface area (Å²) in [4.78, 5) is 7.69. The molecule has 2 aromatic heterocycles. The van der Waals surface area contributed by atoms with Crippen molar-refractivity contribution < 1.29 is 9.84 Å². The lowest BCUT2D eigenvalue weighted by molar-refractivity contribution is 0.176. The Bertz CT molecular complexity index is 1200. The zero-order chi connectivity index (χ0) is 21.2. The van der Waals surface area contributed by atoms with Gasteiger partial charge in [-0.3, -0.25) is 4.98 Å². The van der Waals surface area contributed by atoms with Crippen molar-refractivity contribution in [3.63, 3.8) is 0 Å². The summed E-state index contributed by atoms with van der Waals surface area (Å²) in [5.41, 5.74) is 7.87. The van der Waals surface area contributed by atoms with Crippen LogP contribution >= 0.6 is 0 Å². The van der Waals surface area contributed by atoms with Crippen LogP contribution in [0.3, 0.4) is 0 Å². The number of aliphatic hydroxyl groups is 1. The van der Waals surface area contributed by atoms with Gasteiger partial charge in [-0.2, -0.15) is 0 Å². The van der Waals surface area contributed by atoms with Gasteiger partial charge in [0.05, 0.1) is 18.9 Å². The number of ether oxygens (including phenoxy) is 1. The number of hydrogen-bond donors (Lipinski definition) is 3. The van der Waals surface area contributed by atoms with Crippen molar-refractivity contribution in [3.05, 3.63) is 83.3 Å². The van der Waals surface area contributed by atoms with E-state index < -0.39 is 6.10 Å². The highest BCUT2D eigenvalue weighted by molar-refractivity contribution is 5.84. The number of benzene rings is 2. The molecule has 5 nitrogen and oxygen atoms in total. The van der Waals surface area contributed by atoms with Gasteiger partial charge in [0.15, 0.2) is 0 Å². The standard InChI is InChI=1S/C26H27N3O2/c1-31-20-9-10-21-18(16-28-24(21)15-20)4-2-3-17-5-7-19(8-6-17)29-23-13-14-27-26-22(23)11-12-25(26)30/h5-10,13-16,25,28,30H,2-4,11-12H2,1H3,(H,27,29). The third-order valence-corrected chi connectivity index (χ3v) is 6.19. The van der Waals surface area contributed by atoms with Gasteiger partial charge in [0.25, 0.3) is 0 Å². The van der Waals surface area contributed by atoms with Gasteiger partial charge < -0.3 is 20.1 Å². The van der Waals surface area contributed by atoms with Crippen LogP contribution in [0.1, 0.15) is 41.3 Å². The van der Waals surface area contributed by atoms with Gasteiger partial charge in [-0.1, -0.05) is 12.1 Å². The molecule has 0 saturated carbocycles. The monoisotopic (exact) mass is 413 g/mol. The number of rotatable bonds is 7. The molecule has 0 fully saturated rings. The smallest absolute Gasteiger partial charge is 0.120 e. The van der Waals surface area contributed by atoms with Crippen molar-refractivity contribution >= 4 is 22.3 Å². The number of nitrogens with zero attached hydrogens (tertiary/aromatic N) is 1. The fourth-order valence-corrected chi connectivity index (χ4v) is 4.49. The number of methoxy groups -OCH3 is 1. The molecular formula is C26H27N3O2. The maximum absolute atomic E-state index is 10.0. The average molecular weight is 414 g/mol. The quantitative estimate of drug-likeness (QED) is 0.376. The van der Waals surface area contributed by atoms with E-state index in [9.17, 15) is 5.11 Å². The van der Waals surface area contributed by atoms with Crippen LogP contribution in [-0.4, -0.2) is 22.2 Å². The Morgan fingerprint density at radius 3 is 2.84 bits per heavy atom. The molecule has 5 heteroatoms. The predicted molar refractivity (Wildman–Crippen MR) is 124 cm³/mol. The first-order chi connectivity index (χ1) is 15.2. The molecule has 1 aliphatic rings. The number of anilines is 2. The van der Waals surface area contributed by atoms with Crippen LogP contribution in [0.25, 0.3) is 10.9 Å². The first-order valence-corrected chi connectivity index (χ1v) is 10.9. The van der Waals surface area contributed by atoms with Crippen molar-refractivity contribution in [2.24, 2.45) is 0 Å². The second-order valence-electron chi connectivity index (χ2n) is 8.18. The summed E-state index contributed by atoms with van der Waals surface area (Å²) in [5, 5.41) is 14.8. The Labute approximate surface area is 182 Å². The summed E-state index contributed by atoms with van der Waals surface area (Å²) in [6.45, 7) is 0. The zero-order valence-corrected chi connectivity index (χ0v) is 17.7. The van der Waals surface area contributed by atoms with E-state index >= 15 is 0 Å². The highest BCUT2D eigenvalue weighted by atomic mass is 16.5. The highest BCUT2D eigenvalue weighted by Crippen LogP contribution is 2.35. The molecule has 1 unspecified atom stereocenters. The molecule has 158 valence electrons. The number of aromatic nitrogens is 2. The van der Waals surface area contributed by atoms with E-state index in [1.807, 2.05) is 18.2 Å². The fourth-order valence-electron chi connectivity index (χ4n) is 4.49. The predicted octanol–water partition coefficient (Wildman–Crippen LogP) is 5.47. The average Bonchev–Trinajstić information content (AvgIpc) is 3.39. The second kappa shape index (κ2) is 8.44. The van der Waals surface area contributed by atoms with Crippen molar-refractivity contribution in [1.82, 2.24) is 9.97 Å². The van der Waals surface area contributed by atoms with E-state index in [2.05, 4.69) is 51.8 Å². The first-order valence-electron chi connectivity index (χ1n) is 10.9. The Hall–Kier alpha value is -3.31. The molecule has 31 heavy (non-hydrogen) atoms. The molecule has 4 aromatic rings. The van der Waals surface area contributed by atoms with Crippen molar-refractivity contribution in [2.45, 2.75) is 38.2 Å². The molecule has 0 aliphatic heterocycles. The number of pyridine rings is 1. The zero-order valence-electron chi connectivity index (χ0n) is 17.7. The van der Waals surface area contributed by atoms with E-state index in [-0.39, 0.29) is 0 Å². The van der Waals surface area contributed by atoms with Crippen LogP contribution in [0.4, 0.5) is 11.4 Å². The molecular weight excluding hydrogens is 386 g/mol. The molecule has 0 saturated heterocycles. The molecule has 1 aliphatic carbocycles. The Morgan fingerprint density at radius 2 is 2.00 bits per heavy atom. The molecule has 0 spiro atoms.